The summed E-state index contributed by atoms with van der Waals surface area (Å²) >= 11 is 0. The minimum Gasteiger partial charge on any atom is -0.375 e. The van der Waals surface area contributed by atoms with Crippen molar-refractivity contribution in [3.05, 3.63) is 71.8 Å². The number of methoxy groups -OCH3 is 1. The molecule has 1 aliphatic rings. The number of ether oxygens (including phenoxy) is 1. The van der Waals surface area contributed by atoms with E-state index in [2.05, 4.69) is 20.5 Å². The lowest BCUT2D eigenvalue weighted by Gasteiger charge is -2.23. The van der Waals surface area contributed by atoms with Gasteiger partial charge in [0.2, 0.25) is 11.8 Å². The number of aromatic nitrogens is 3. The fourth-order valence-electron chi connectivity index (χ4n) is 3.94. The Hall–Kier alpha value is -3.59. The van der Waals surface area contributed by atoms with Crippen LogP contribution in [0.1, 0.15) is 23.9 Å². The lowest BCUT2D eigenvalue weighted by atomic mass is 10.1. The molecule has 4 rings (SSSR count). The average molecular weight is 437 g/mol. The summed E-state index contributed by atoms with van der Waals surface area (Å²) in [6.07, 6.45) is 0.528. The molecule has 2 aromatic carbocycles. The Kier molecular flexibility index (Phi) is 6.55. The first kappa shape index (κ1) is 21.6. The Bertz CT molecular complexity index is 1090. The van der Waals surface area contributed by atoms with Crippen LogP contribution in [0, 0.1) is 5.82 Å². The van der Waals surface area contributed by atoms with E-state index in [1.807, 2.05) is 30.3 Å². The van der Waals surface area contributed by atoms with Gasteiger partial charge in [-0.3, -0.25) is 14.7 Å². The topological polar surface area (TPSA) is 100 Å². The van der Waals surface area contributed by atoms with Crippen LogP contribution in [0.3, 0.4) is 0 Å². The second kappa shape index (κ2) is 9.69. The summed E-state index contributed by atoms with van der Waals surface area (Å²) < 4.78 is 18.5. The second-order valence-corrected chi connectivity index (χ2v) is 7.71. The highest BCUT2D eigenvalue weighted by atomic mass is 19.1. The zero-order chi connectivity index (χ0) is 22.5. The normalized spacial score (nSPS) is 18.0. The van der Waals surface area contributed by atoms with Crippen molar-refractivity contribution in [2.24, 2.45) is 0 Å². The van der Waals surface area contributed by atoms with Gasteiger partial charge in [0.15, 0.2) is 5.82 Å². The number of carbonyl (C=O) groups excluding carboxylic acids is 2. The van der Waals surface area contributed by atoms with Gasteiger partial charge in [0, 0.05) is 25.3 Å². The van der Waals surface area contributed by atoms with E-state index < -0.39 is 6.04 Å². The van der Waals surface area contributed by atoms with E-state index in [1.54, 1.807) is 17.0 Å². The van der Waals surface area contributed by atoms with Crippen LogP contribution >= 0.6 is 0 Å². The van der Waals surface area contributed by atoms with Gasteiger partial charge < -0.3 is 15.0 Å². The highest BCUT2D eigenvalue weighted by molar-refractivity contribution is 5.80. The number of benzene rings is 2. The summed E-state index contributed by atoms with van der Waals surface area (Å²) in [6, 6.07) is 14.9. The van der Waals surface area contributed by atoms with Gasteiger partial charge in [0.1, 0.15) is 18.2 Å². The highest BCUT2D eigenvalue weighted by Gasteiger charge is 2.38. The zero-order valence-electron chi connectivity index (χ0n) is 17.6. The van der Waals surface area contributed by atoms with E-state index in [1.165, 1.54) is 19.2 Å². The number of halogens is 1. The molecule has 166 valence electrons. The predicted molar refractivity (Wildman–Crippen MR) is 115 cm³/mol. The minimum atomic E-state index is -0.395. The Morgan fingerprint density at radius 3 is 2.78 bits per heavy atom. The molecule has 2 heterocycles. The standard InChI is InChI=1S/C23H24FN5O3/c1-32-14-20(30)25-18-12-19(23-26-22(27-28-23)16-7-3-2-4-8-16)29(13-18)21(31)11-15-6-5-9-17(24)10-15/h2-10,18-19H,11-14H2,1H3,(H,25,30)(H,26,27,28)/t18-,19-/m0/s1. The number of aromatic amines is 1. The fourth-order valence-corrected chi connectivity index (χ4v) is 3.94. The van der Waals surface area contributed by atoms with Gasteiger partial charge >= 0.3 is 0 Å². The number of hydrogen-bond donors (Lipinski definition) is 2. The lowest BCUT2D eigenvalue weighted by Crippen LogP contribution is -2.40. The first-order chi connectivity index (χ1) is 15.5. The molecule has 2 amide bonds. The third-order valence-electron chi connectivity index (χ3n) is 5.36. The average Bonchev–Trinajstić information content (AvgIpc) is 3.42. The molecule has 0 unspecified atom stereocenters. The maximum atomic E-state index is 13.6. The van der Waals surface area contributed by atoms with Crippen LogP contribution in [0.5, 0.6) is 0 Å². The number of likely N-dealkylation sites (tertiary alicyclic amines) is 1. The van der Waals surface area contributed by atoms with Crippen LogP contribution in [0.4, 0.5) is 4.39 Å². The molecule has 8 nitrogen and oxygen atoms in total. The fraction of sp³-hybridized carbons (Fsp3) is 0.304. The van der Waals surface area contributed by atoms with E-state index in [9.17, 15) is 14.0 Å². The number of nitrogens with zero attached hydrogens (tertiary/aromatic N) is 3. The second-order valence-electron chi connectivity index (χ2n) is 7.71. The first-order valence-electron chi connectivity index (χ1n) is 10.3. The van der Waals surface area contributed by atoms with Gasteiger partial charge in [-0.25, -0.2) is 9.37 Å². The largest absolute Gasteiger partial charge is 0.375 e. The van der Waals surface area contributed by atoms with Crippen LogP contribution in [-0.4, -0.2) is 58.2 Å². The molecule has 1 aliphatic heterocycles. The van der Waals surface area contributed by atoms with Gasteiger partial charge in [0.25, 0.3) is 0 Å². The van der Waals surface area contributed by atoms with Crippen molar-refractivity contribution in [3.8, 4) is 11.4 Å². The molecular weight excluding hydrogens is 413 g/mol. The van der Waals surface area contributed by atoms with Crippen LogP contribution in [0.2, 0.25) is 0 Å². The maximum Gasteiger partial charge on any atom is 0.246 e. The molecule has 1 saturated heterocycles. The molecule has 2 N–H and O–H groups in total. The summed E-state index contributed by atoms with van der Waals surface area (Å²) in [7, 11) is 1.45. The number of hydrogen-bond acceptors (Lipinski definition) is 5. The van der Waals surface area contributed by atoms with Gasteiger partial charge in [-0.15, -0.1) is 0 Å². The van der Waals surface area contributed by atoms with Gasteiger partial charge in [-0.2, -0.15) is 5.10 Å². The van der Waals surface area contributed by atoms with Crippen molar-refractivity contribution in [2.75, 3.05) is 20.3 Å². The Balaban J connectivity index is 1.56. The summed E-state index contributed by atoms with van der Waals surface area (Å²) in [5.41, 5.74) is 1.44. The third kappa shape index (κ3) is 5.00. The number of carbonyl (C=O) groups is 2. The smallest absolute Gasteiger partial charge is 0.246 e. The van der Waals surface area contributed by atoms with E-state index in [4.69, 9.17) is 4.74 Å². The summed E-state index contributed by atoms with van der Waals surface area (Å²) in [5.74, 6) is 0.255. The van der Waals surface area contributed by atoms with Crippen molar-refractivity contribution >= 4 is 11.8 Å². The highest BCUT2D eigenvalue weighted by Crippen LogP contribution is 2.32. The van der Waals surface area contributed by atoms with Crippen LogP contribution in [0.15, 0.2) is 54.6 Å². The molecule has 9 heteroatoms. The van der Waals surface area contributed by atoms with Gasteiger partial charge in [-0.1, -0.05) is 42.5 Å². The van der Waals surface area contributed by atoms with Crippen LogP contribution in [0.25, 0.3) is 11.4 Å². The summed E-state index contributed by atoms with van der Waals surface area (Å²) in [5, 5.41) is 10.2. The van der Waals surface area contributed by atoms with Crippen LogP contribution in [-0.2, 0) is 20.7 Å². The molecule has 0 bridgehead atoms. The Morgan fingerprint density at radius 1 is 1.22 bits per heavy atom. The zero-order valence-corrected chi connectivity index (χ0v) is 17.6. The van der Waals surface area contributed by atoms with E-state index in [0.29, 0.717) is 30.2 Å². The molecule has 1 aromatic heterocycles. The minimum absolute atomic E-state index is 0.0483. The first-order valence-corrected chi connectivity index (χ1v) is 10.3. The summed E-state index contributed by atoms with van der Waals surface area (Å²) in [4.78, 5) is 31.4. The third-order valence-corrected chi connectivity index (χ3v) is 5.36. The van der Waals surface area contributed by atoms with Crippen molar-refractivity contribution < 1.29 is 18.7 Å². The molecule has 0 radical (unpaired) electrons. The van der Waals surface area contributed by atoms with Crippen LogP contribution < -0.4 is 5.32 Å². The molecule has 3 aromatic rings. The van der Waals surface area contributed by atoms with Gasteiger partial charge in [-0.05, 0) is 24.1 Å². The van der Waals surface area contributed by atoms with Gasteiger partial charge in [0.05, 0.1) is 12.5 Å². The molecule has 1 fully saturated rings. The number of H-pyrrole nitrogens is 1. The molecule has 0 saturated carbocycles. The van der Waals surface area contributed by atoms with Crippen molar-refractivity contribution in [1.29, 1.82) is 0 Å². The molecular formula is C23H24FN5O3. The van der Waals surface area contributed by atoms with E-state index in [-0.39, 0.29) is 36.7 Å². The monoisotopic (exact) mass is 437 g/mol. The quantitative estimate of drug-likeness (QED) is 0.591. The predicted octanol–water partition coefficient (Wildman–Crippen LogP) is 2.26. The molecule has 32 heavy (non-hydrogen) atoms. The Labute approximate surface area is 184 Å². The van der Waals surface area contributed by atoms with E-state index in [0.717, 1.165) is 5.56 Å². The van der Waals surface area contributed by atoms with Crippen molar-refractivity contribution in [1.82, 2.24) is 25.4 Å². The Morgan fingerprint density at radius 2 is 2.03 bits per heavy atom. The SMILES string of the molecule is COCC(=O)N[C@H]1C[C@@H](c2nc(-c3ccccc3)n[nH]2)N(C(=O)Cc2cccc(F)c2)C1. The molecule has 2 atom stereocenters. The maximum absolute atomic E-state index is 13.6. The summed E-state index contributed by atoms with van der Waals surface area (Å²) in [6.45, 7) is 0.258. The number of amides is 2. The number of rotatable bonds is 7. The van der Waals surface area contributed by atoms with Crippen molar-refractivity contribution in [3.63, 3.8) is 0 Å². The van der Waals surface area contributed by atoms with Crippen molar-refractivity contribution in [2.45, 2.75) is 24.9 Å². The number of nitrogens with one attached hydrogen (secondary N) is 2. The van der Waals surface area contributed by atoms with E-state index >= 15 is 0 Å². The lowest BCUT2D eigenvalue weighted by molar-refractivity contribution is -0.132. The molecule has 0 aliphatic carbocycles. The molecule has 0 spiro atoms.